The fourth-order valence-electron chi connectivity index (χ4n) is 1.25. The normalized spacial score (nSPS) is 10.3. The molecular formula is C11H17N3O2S. The minimum Gasteiger partial charge on any atom is -0.396 e. The van der Waals surface area contributed by atoms with Crippen molar-refractivity contribution < 1.29 is 9.90 Å². The molecule has 0 saturated carbocycles. The zero-order chi connectivity index (χ0) is 12.7. The number of aliphatic hydroxyl groups excluding tert-OH is 1. The maximum absolute atomic E-state index is 11.4. The molecule has 0 fully saturated rings. The first-order valence-electron chi connectivity index (χ1n) is 5.44. The smallest absolute Gasteiger partial charge is 0.230 e. The molecule has 1 rings (SSSR count). The Morgan fingerprint density at radius 2 is 2.06 bits per heavy atom. The lowest BCUT2D eigenvalue weighted by Crippen LogP contribution is -2.26. The second-order valence-corrected chi connectivity index (χ2v) is 4.59. The maximum atomic E-state index is 11.4. The molecule has 94 valence electrons. The molecule has 0 aliphatic heterocycles. The lowest BCUT2D eigenvalue weighted by atomic mass is 10.4. The number of aromatic nitrogens is 2. The molecule has 6 heteroatoms. The maximum Gasteiger partial charge on any atom is 0.230 e. The van der Waals surface area contributed by atoms with Crippen LogP contribution in [0.5, 0.6) is 0 Å². The van der Waals surface area contributed by atoms with E-state index < -0.39 is 0 Å². The molecule has 5 nitrogen and oxygen atoms in total. The minimum absolute atomic E-state index is 0.0637. The van der Waals surface area contributed by atoms with E-state index in [1.54, 1.807) is 0 Å². The highest BCUT2D eigenvalue weighted by molar-refractivity contribution is 7.99. The number of nitrogens with one attached hydrogen (secondary N) is 1. The van der Waals surface area contributed by atoms with Crippen molar-refractivity contribution in [3.05, 3.63) is 17.5 Å². The molecule has 0 aliphatic carbocycles. The van der Waals surface area contributed by atoms with E-state index in [1.807, 2.05) is 19.9 Å². The Balaban J connectivity index is 2.36. The van der Waals surface area contributed by atoms with Crippen molar-refractivity contribution >= 4 is 17.7 Å². The molecule has 0 atom stereocenters. The first kappa shape index (κ1) is 13.9. The number of hydrogen-bond acceptors (Lipinski definition) is 5. The standard InChI is InChI=1S/C11H17N3O2S/c1-8-6-9(2)14-11(13-8)17-7-10(16)12-4-3-5-15/h6,15H,3-5,7H2,1-2H3,(H,12,16). The quantitative estimate of drug-likeness (QED) is 0.444. The van der Waals surface area contributed by atoms with Crippen LogP contribution in [-0.4, -0.2) is 39.9 Å². The molecule has 1 heterocycles. The molecule has 1 aromatic heterocycles. The third kappa shape index (κ3) is 5.65. The summed E-state index contributed by atoms with van der Waals surface area (Å²) in [6.07, 6.45) is 0.580. The number of rotatable bonds is 6. The fraction of sp³-hybridized carbons (Fsp3) is 0.545. The number of nitrogens with zero attached hydrogens (tertiary/aromatic N) is 2. The highest BCUT2D eigenvalue weighted by Crippen LogP contribution is 2.13. The third-order valence-corrected chi connectivity index (χ3v) is 2.80. The van der Waals surface area contributed by atoms with Crippen molar-refractivity contribution in [3.63, 3.8) is 0 Å². The van der Waals surface area contributed by atoms with Gasteiger partial charge in [-0.2, -0.15) is 0 Å². The van der Waals surface area contributed by atoms with Crippen molar-refractivity contribution in [2.45, 2.75) is 25.4 Å². The summed E-state index contributed by atoms with van der Waals surface area (Å²) in [6, 6.07) is 1.89. The first-order chi connectivity index (χ1) is 8.11. The van der Waals surface area contributed by atoms with E-state index in [1.165, 1.54) is 11.8 Å². The Labute approximate surface area is 105 Å². The number of aryl methyl sites for hydroxylation is 2. The lowest BCUT2D eigenvalue weighted by Gasteiger charge is -2.04. The van der Waals surface area contributed by atoms with Crippen LogP contribution < -0.4 is 5.32 Å². The number of carbonyl (C=O) groups is 1. The molecule has 0 aromatic carbocycles. The highest BCUT2D eigenvalue weighted by atomic mass is 32.2. The summed E-state index contributed by atoms with van der Waals surface area (Å²) in [5.74, 6) is 0.236. The van der Waals surface area contributed by atoms with E-state index in [4.69, 9.17) is 5.11 Å². The second kappa shape index (κ2) is 7.24. The summed E-state index contributed by atoms with van der Waals surface area (Å²) >= 11 is 1.32. The average Bonchev–Trinajstić information content (AvgIpc) is 2.25. The Hall–Kier alpha value is -1.14. The summed E-state index contributed by atoms with van der Waals surface area (Å²) in [5.41, 5.74) is 1.81. The van der Waals surface area contributed by atoms with Crippen LogP contribution in [0.3, 0.4) is 0 Å². The van der Waals surface area contributed by atoms with Gasteiger partial charge in [-0.1, -0.05) is 11.8 Å². The Kier molecular flexibility index (Phi) is 5.93. The van der Waals surface area contributed by atoms with Gasteiger partial charge in [-0.05, 0) is 26.3 Å². The Morgan fingerprint density at radius 1 is 1.41 bits per heavy atom. The van der Waals surface area contributed by atoms with Gasteiger partial charge in [-0.15, -0.1) is 0 Å². The van der Waals surface area contributed by atoms with Crippen LogP contribution in [0.15, 0.2) is 11.2 Å². The second-order valence-electron chi connectivity index (χ2n) is 3.65. The average molecular weight is 255 g/mol. The van der Waals surface area contributed by atoms with Crippen LogP contribution >= 0.6 is 11.8 Å². The van der Waals surface area contributed by atoms with E-state index >= 15 is 0 Å². The number of thioether (sulfide) groups is 1. The summed E-state index contributed by atoms with van der Waals surface area (Å²) in [4.78, 5) is 19.9. The van der Waals surface area contributed by atoms with Crippen molar-refractivity contribution in [3.8, 4) is 0 Å². The molecule has 0 aliphatic rings. The summed E-state index contributed by atoms with van der Waals surface area (Å²) in [7, 11) is 0. The van der Waals surface area contributed by atoms with Gasteiger partial charge in [0.15, 0.2) is 5.16 Å². The van der Waals surface area contributed by atoms with Crippen molar-refractivity contribution in [2.24, 2.45) is 0 Å². The van der Waals surface area contributed by atoms with E-state index in [0.29, 0.717) is 23.9 Å². The molecular weight excluding hydrogens is 238 g/mol. The predicted octanol–water partition coefficient (Wildman–Crippen LogP) is 0.684. The van der Waals surface area contributed by atoms with Crippen LogP contribution in [0.1, 0.15) is 17.8 Å². The number of aliphatic hydroxyl groups is 1. The van der Waals surface area contributed by atoms with E-state index in [9.17, 15) is 4.79 Å². The molecule has 0 radical (unpaired) electrons. The van der Waals surface area contributed by atoms with Gasteiger partial charge in [0.25, 0.3) is 0 Å². The highest BCUT2D eigenvalue weighted by Gasteiger charge is 2.05. The van der Waals surface area contributed by atoms with Crippen molar-refractivity contribution in [1.29, 1.82) is 0 Å². The number of hydrogen-bond donors (Lipinski definition) is 2. The number of carbonyl (C=O) groups excluding carboxylic acids is 1. The summed E-state index contributed by atoms with van der Waals surface area (Å²) < 4.78 is 0. The van der Waals surface area contributed by atoms with E-state index in [2.05, 4.69) is 15.3 Å². The SMILES string of the molecule is Cc1cc(C)nc(SCC(=O)NCCCO)n1. The largest absolute Gasteiger partial charge is 0.396 e. The summed E-state index contributed by atoms with van der Waals surface area (Å²) in [6.45, 7) is 4.40. The zero-order valence-corrected chi connectivity index (χ0v) is 10.9. The Morgan fingerprint density at radius 3 is 2.65 bits per heavy atom. The van der Waals surface area contributed by atoms with Gasteiger partial charge in [0, 0.05) is 24.5 Å². The molecule has 0 spiro atoms. The molecule has 1 amide bonds. The van der Waals surface area contributed by atoms with Crippen LogP contribution in [0, 0.1) is 13.8 Å². The molecule has 17 heavy (non-hydrogen) atoms. The van der Waals surface area contributed by atoms with Crippen LogP contribution in [0.4, 0.5) is 0 Å². The van der Waals surface area contributed by atoms with Gasteiger partial charge >= 0.3 is 0 Å². The van der Waals surface area contributed by atoms with Gasteiger partial charge in [0.1, 0.15) is 0 Å². The first-order valence-corrected chi connectivity index (χ1v) is 6.43. The zero-order valence-electron chi connectivity index (χ0n) is 10.1. The summed E-state index contributed by atoms with van der Waals surface area (Å²) in [5, 5.41) is 11.9. The lowest BCUT2D eigenvalue weighted by molar-refractivity contribution is -0.118. The van der Waals surface area contributed by atoms with Gasteiger partial charge < -0.3 is 10.4 Å². The molecule has 0 unspecified atom stereocenters. The van der Waals surface area contributed by atoms with Crippen molar-refractivity contribution in [1.82, 2.24) is 15.3 Å². The minimum atomic E-state index is -0.0637. The van der Waals surface area contributed by atoms with Crippen LogP contribution in [0.2, 0.25) is 0 Å². The fourth-order valence-corrected chi connectivity index (χ4v) is 2.03. The molecule has 2 N–H and O–H groups in total. The molecule has 1 aromatic rings. The van der Waals surface area contributed by atoms with Gasteiger partial charge in [0.2, 0.25) is 5.91 Å². The van der Waals surface area contributed by atoms with Crippen molar-refractivity contribution in [2.75, 3.05) is 18.9 Å². The van der Waals surface area contributed by atoms with Crippen LogP contribution in [0.25, 0.3) is 0 Å². The molecule has 0 saturated heterocycles. The predicted molar refractivity (Wildman–Crippen MR) is 66.9 cm³/mol. The monoisotopic (exact) mass is 255 g/mol. The topological polar surface area (TPSA) is 75.1 Å². The van der Waals surface area contributed by atoms with Gasteiger partial charge in [-0.3, -0.25) is 4.79 Å². The third-order valence-electron chi connectivity index (χ3n) is 1.95. The molecule has 0 bridgehead atoms. The number of amides is 1. The Bertz CT molecular complexity index is 365. The van der Waals surface area contributed by atoms with E-state index in [0.717, 1.165) is 11.4 Å². The van der Waals surface area contributed by atoms with Gasteiger partial charge in [0.05, 0.1) is 5.75 Å². The van der Waals surface area contributed by atoms with E-state index in [-0.39, 0.29) is 12.5 Å². The van der Waals surface area contributed by atoms with Crippen LogP contribution in [-0.2, 0) is 4.79 Å². The van der Waals surface area contributed by atoms with Gasteiger partial charge in [-0.25, -0.2) is 9.97 Å².